The Labute approximate surface area is 49.2 Å². The molecule has 0 aliphatic carbocycles. The average molecular weight is 110 g/mol. The second-order valence-corrected chi connectivity index (χ2v) is 1.31. The molecule has 2 heteroatoms. The minimum atomic E-state index is 0.426. The zero-order chi connectivity index (χ0) is 6.41. The van der Waals surface area contributed by atoms with Gasteiger partial charge in [0.25, 0.3) is 0 Å². The lowest BCUT2D eigenvalue weighted by molar-refractivity contribution is 1.51. The fourth-order valence-corrected chi connectivity index (χ4v) is 0.339. The molecule has 2 nitrogen and oxygen atoms in total. The van der Waals surface area contributed by atoms with Crippen LogP contribution in [0.25, 0.3) is 0 Å². The van der Waals surface area contributed by atoms with E-state index < -0.39 is 0 Å². The highest BCUT2D eigenvalue weighted by Gasteiger charge is 1.75. The van der Waals surface area contributed by atoms with Crippen LogP contribution in [0.4, 0.5) is 0 Å². The Kier molecular flexibility index (Phi) is 3.58. The summed E-state index contributed by atoms with van der Waals surface area (Å²) in [6, 6.07) is 0. The van der Waals surface area contributed by atoms with Crippen LogP contribution in [-0.4, -0.2) is 5.71 Å². The normalized spacial score (nSPS) is 11.1. The summed E-state index contributed by atoms with van der Waals surface area (Å²) in [4.78, 5) is 0. The van der Waals surface area contributed by atoms with Gasteiger partial charge in [0.05, 0.1) is 5.71 Å². The largest absolute Gasteiger partial charge is 0.405 e. The van der Waals surface area contributed by atoms with Crippen LogP contribution in [0.1, 0.15) is 6.92 Å². The van der Waals surface area contributed by atoms with Crippen LogP contribution in [0.5, 0.6) is 0 Å². The number of nitrogens with one attached hydrogen (secondary N) is 1. The quantitative estimate of drug-likeness (QED) is 0.513. The van der Waals surface area contributed by atoms with Gasteiger partial charge in [-0.2, -0.15) is 0 Å². The molecule has 44 valence electrons. The lowest BCUT2D eigenvalue weighted by Crippen LogP contribution is -1.85. The van der Waals surface area contributed by atoms with Crippen LogP contribution in [0, 0.1) is 5.41 Å². The molecule has 0 saturated heterocycles. The Bertz CT molecular complexity index is 108. The SMILES string of the molecule is C/C=C/C(=N)/C=C\N. The van der Waals surface area contributed by atoms with Gasteiger partial charge in [-0.1, -0.05) is 6.08 Å². The van der Waals surface area contributed by atoms with E-state index in [9.17, 15) is 0 Å². The molecule has 0 aromatic heterocycles. The Balaban J connectivity index is 3.66. The van der Waals surface area contributed by atoms with Crippen LogP contribution >= 0.6 is 0 Å². The molecular formula is C6H10N2. The molecular weight excluding hydrogens is 100 g/mol. The molecule has 0 heterocycles. The van der Waals surface area contributed by atoms with Crippen molar-refractivity contribution < 1.29 is 0 Å². The lowest BCUT2D eigenvalue weighted by Gasteiger charge is -1.80. The summed E-state index contributed by atoms with van der Waals surface area (Å²) in [6.07, 6.45) is 6.34. The standard InChI is InChI=1S/C6H10N2/c1-2-3-6(8)4-5-7/h2-5,8H,7H2,1H3/b3-2+,5-4-,8-6?. The van der Waals surface area contributed by atoms with Gasteiger partial charge in [0, 0.05) is 0 Å². The zero-order valence-electron chi connectivity index (χ0n) is 4.89. The second kappa shape index (κ2) is 4.12. The Morgan fingerprint density at radius 3 is 2.50 bits per heavy atom. The van der Waals surface area contributed by atoms with Gasteiger partial charge in [0.15, 0.2) is 0 Å². The van der Waals surface area contributed by atoms with Crippen molar-refractivity contribution >= 4 is 5.71 Å². The molecule has 0 aliphatic heterocycles. The third-order valence-electron chi connectivity index (χ3n) is 0.622. The highest BCUT2D eigenvalue weighted by atomic mass is 14.5. The molecule has 0 aliphatic rings. The van der Waals surface area contributed by atoms with E-state index >= 15 is 0 Å². The lowest BCUT2D eigenvalue weighted by atomic mass is 10.3. The first-order chi connectivity index (χ1) is 3.81. The highest BCUT2D eigenvalue weighted by Crippen LogP contribution is 1.76. The van der Waals surface area contributed by atoms with Gasteiger partial charge >= 0.3 is 0 Å². The van der Waals surface area contributed by atoms with E-state index in [1.165, 1.54) is 12.3 Å². The van der Waals surface area contributed by atoms with Gasteiger partial charge in [-0.25, -0.2) is 0 Å². The topological polar surface area (TPSA) is 49.9 Å². The number of hydrogen-bond donors (Lipinski definition) is 2. The van der Waals surface area contributed by atoms with Crippen LogP contribution in [-0.2, 0) is 0 Å². The van der Waals surface area contributed by atoms with Crippen LogP contribution in [0.15, 0.2) is 24.4 Å². The van der Waals surface area contributed by atoms with E-state index in [0.717, 1.165) is 0 Å². The molecule has 3 N–H and O–H groups in total. The Morgan fingerprint density at radius 2 is 2.12 bits per heavy atom. The summed E-state index contributed by atoms with van der Waals surface area (Å²) < 4.78 is 0. The molecule has 0 bridgehead atoms. The van der Waals surface area contributed by atoms with Crippen LogP contribution in [0.2, 0.25) is 0 Å². The maximum absolute atomic E-state index is 7.04. The van der Waals surface area contributed by atoms with Crippen molar-refractivity contribution in [3.05, 3.63) is 24.4 Å². The highest BCUT2D eigenvalue weighted by molar-refractivity contribution is 6.01. The molecule has 0 fully saturated rings. The first-order valence-corrected chi connectivity index (χ1v) is 2.40. The summed E-state index contributed by atoms with van der Waals surface area (Å²) in [6.45, 7) is 1.86. The van der Waals surface area contributed by atoms with E-state index in [1.807, 2.05) is 6.92 Å². The zero-order valence-corrected chi connectivity index (χ0v) is 4.89. The van der Waals surface area contributed by atoms with Crippen molar-refractivity contribution in [1.82, 2.24) is 0 Å². The summed E-state index contributed by atoms with van der Waals surface area (Å²) in [5, 5.41) is 7.04. The minimum absolute atomic E-state index is 0.426. The molecule has 0 radical (unpaired) electrons. The van der Waals surface area contributed by atoms with Crippen molar-refractivity contribution in [2.45, 2.75) is 6.92 Å². The van der Waals surface area contributed by atoms with Gasteiger partial charge in [-0.3, -0.25) is 0 Å². The molecule has 0 aromatic carbocycles. The third-order valence-corrected chi connectivity index (χ3v) is 0.622. The van der Waals surface area contributed by atoms with E-state index in [4.69, 9.17) is 11.1 Å². The molecule has 0 aromatic rings. The monoisotopic (exact) mass is 110 g/mol. The van der Waals surface area contributed by atoms with E-state index in [0.29, 0.717) is 5.71 Å². The predicted octanol–water partition coefficient (Wildman–Crippen LogP) is 1.05. The van der Waals surface area contributed by atoms with Crippen molar-refractivity contribution in [1.29, 1.82) is 5.41 Å². The summed E-state index contributed by atoms with van der Waals surface area (Å²) in [7, 11) is 0. The van der Waals surface area contributed by atoms with Crippen LogP contribution in [0.3, 0.4) is 0 Å². The fraction of sp³-hybridized carbons (Fsp3) is 0.167. The molecule has 0 unspecified atom stereocenters. The van der Waals surface area contributed by atoms with Gasteiger partial charge in [0.2, 0.25) is 0 Å². The van der Waals surface area contributed by atoms with E-state index in [2.05, 4.69) is 0 Å². The molecule has 0 rings (SSSR count). The number of rotatable bonds is 2. The molecule has 0 atom stereocenters. The van der Waals surface area contributed by atoms with E-state index in [-0.39, 0.29) is 0 Å². The van der Waals surface area contributed by atoms with Crippen molar-refractivity contribution in [3.63, 3.8) is 0 Å². The molecule has 0 amide bonds. The Morgan fingerprint density at radius 1 is 1.50 bits per heavy atom. The maximum atomic E-state index is 7.04. The van der Waals surface area contributed by atoms with Gasteiger partial charge < -0.3 is 11.1 Å². The fourth-order valence-electron chi connectivity index (χ4n) is 0.339. The summed E-state index contributed by atoms with van der Waals surface area (Å²) in [5.74, 6) is 0. The first kappa shape index (κ1) is 6.95. The van der Waals surface area contributed by atoms with E-state index in [1.54, 1.807) is 12.2 Å². The number of hydrogen-bond acceptors (Lipinski definition) is 2. The van der Waals surface area contributed by atoms with Crippen molar-refractivity contribution in [2.24, 2.45) is 5.73 Å². The van der Waals surface area contributed by atoms with Gasteiger partial charge in [-0.05, 0) is 25.3 Å². The summed E-state index contributed by atoms with van der Waals surface area (Å²) in [5.41, 5.74) is 5.43. The first-order valence-electron chi connectivity index (χ1n) is 2.40. The third kappa shape index (κ3) is 3.15. The summed E-state index contributed by atoms with van der Waals surface area (Å²) >= 11 is 0. The van der Waals surface area contributed by atoms with Crippen molar-refractivity contribution in [3.8, 4) is 0 Å². The Hall–Kier alpha value is -1.05. The maximum Gasteiger partial charge on any atom is 0.0550 e. The van der Waals surface area contributed by atoms with Gasteiger partial charge in [-0.15, -0.1) is 0 Å². The van der Waals surface area contributed by atoms with Gasteiger partial charge in [0.1, 0.15) is 0 Å². The molecule has 0 spiro atoms. The van der Waals surface area contributed by atoms with Crippen LogP contribution < -0.4 is 5.73 Å². The minimum Gasteiger partial charge on any atom is -0.405 e. The molecule has 8 heavy (non-hydrogen) atoms. The number of allylic oxidation sites excluding steroid dienone is 3. The predicted molar refractivity (Wildman–Crippen MR) is 35.9 cm³/mol. The molecule has 0 saturated carbocycles. The van der Waals surface area contributed by atoms with Crippen molar-refractivity contribution in [2.75, 3.05) is 0 Å². The number of nitrogens with two attached hydrogens (primary N) is 1. The average Bonchev–Trinajstić information content (AvgIpc) is 1.68. The smallest absolute Gasteiger partial charge is 0.0550 e. The second-order valence-electron chi connectivity index (χ2n) is 1.31.